The molecule has 2 N–H and O–H groups in total. The molecule has 0 saturated carbocycles. The van der Waals surface area contributed by atoms with Crippen LogP contribution in [0, 0.1) is 0 Å². The minimum Gasteiger partial charge on any atom is -0.374 e. The molecule has 1 heterocycles. The Balaban J connectivity index is 2.67. The summed E-state index contributed by atoms with van der Waals surface area (Å²) in [4.78, 5) is 10.1. The van der Waals surface area contributed by atoms with E-state index in [0.29, 0.717) is 11.6 Å². The summed E-state index contributed by atoms with van der Waals surface area (Å²) in [6.07, 6.45) is 1.36. The molecule has 0 fully saturated rings. The molecule has 0 aliphatic carbocycles. The van der Waals surface area contributed by atoms with Crippen molar-refractivity contribution >= 4 is 22.8 Å². The third kappa shape index (κ3) is 1.98. The number of hydrogen-bond donors (Lipinski definition) is 1. The van der Waals surface area contributed by atoms with Gasteiger partial charge in [0.15, 0.2) is 0 Å². The van der Waals surface area contributed by atoms with Gasteiger partial charge in [0.05, 0.1) is 0 Å². The lowest BCUT2D eigenvalue weighted by Gasteiger charge is -1.98. The lowest BCUT2D eigenvalue weighted by atomic mass is 10.1. The van der Waals surface area contributed by atoms with Crippen LogP contribution in [0.2, 0.25) is 0 Å². The third-order valence-corrected chi connectivity index (χ3v) is 2.31. The fraction of sp³-hybridized carbons (Fsp3) is 0.500. The highest BCUT2D eigenvalue weighted by atomic mass is 32.1. The summed E-state index contributed by atoms with van der Waals surface area (Å²) in [6, 6.07) is 0. The first-order valence-corrected chi connectivity index (χ1v) is 4.08. The Morgan fingerprint density at radius 3 is 2.91 bits per heavy atom. The Morgan fingerprint density at radius 1 is 1.73 bits per heavy atom. The van der Waals surface area contributed by atoms with Crippen LogP contribution in [0.25, 0.3) is 0 Å². The van der Waals surface area contributed by atoms with Gasteiger partial charge in [0.1, 0.15) is 11.3 Å². The van der Waals surface area contributed by atoms with Crippen molar-refractivity contribution in [3.8, 4) is 0 Å². The summed E-state index contributed by atoms with van der Waals surface area (Å²) in [5, 5.41) is 8.75. The van der Waals surface area contributed by atoms with Crippen LogP contribution in [0.4, 0.5) is 5.13 Å². The fourth-order valence-electron chi connectivity index (χ4n) is 0.691. The van der Waals surface area contributed by atoms with Gasteiger partial charge in [0.25, 0.3) is 0 Å². The summed E-state index contributed by atoms with van der Waals surface area (Å²) >= 11 is 1.33. The first kappa shape index (κ1) is 8.13. The molecule has 0 saturated heterocycles. The maximum Gasteiger partial charge on any atom is 0.203 e. The molecule has 0 aliphatic rings. The van der Waals surface area contributed by atoms with Crippen LogP contribution in [-0.4, -0.2) is 16.5 Å². The van der Waals surface area contributed by atoms with Crippen LogP contribution in [0.3, 0.4) is 0 Å². The normalized spacial score (nSPS) is 12.8. The van der Waals surface area contributed by atoms with Crippen LogP contribution in [-0.2, 0) is 4.79 Å². The number of nitrogen functional groups attached to an aromatic ring is 1. The van der Waals surface area contributed by atoms with Crippen molar-refractivity contribution < 1.29 is 4.79 Å². The predicted octanol–water partition coefficient (Wildman–Crippen LogP) is 0.813. The number of anilines is 1. The topological polar surface area (TPSA) is 68.9 Å². The van der Waals surface area contributed by atoms with Gasteiger partial charge in [-0.3, -0.25) is 0 Å². The van der Waals surface area contributed by atoms with E-state index in [-0.39, 0.29) is 5.92 Å². The van der Waals surface area contributed by atoms with Crippen molar-refractivity contribution in [3.63, 3.8) is 0 Å². The van der Waals surface area contributed by atoms with Crippen LogP contribution < -0.4 is 5.73 Å². The minimum atomic E-state index is 0.141. The van der Waals surface area contributed by atoms with Gasteiger partial charge in [-0.1, -0.05) is 18.3 Å². The smallest absolute Gasteiger partial charge is 0.203 e. The number of aromatic nitrogens is 2. The average Bonchev–Trinajstić information content (AvgIpc) is 2.36. The molecule has 0 bridgehead atoms. The van der Waals surface area contributed by atoms with Crippen LogP contribution in [0.15, 0.2) is 0 Å². The molecule has 1 atom stereocenters. The Labute approximate surface area is 68.4 Å². The van der Waals surface area contributed by atoms with Gasteiger partial charge in [0, 0.05) is 12.3 Å². The maximum absolute atomic E-state index is 10.1. The number of nitrogens with two attached hydrogens (primary N) is 1. The van der Waals surface area contributed by atoms with E-state index in [9.17, 15) is 4.79 Å². The third-order valence-electron chi connectivity index (χ3n) is 1.33. The molecule has 1 unspecified atom stereocenters. The van der Waals surface area contributed by atoms with Gasteiger partial charge in [-0.15, -0.1) is 10.2 Å². The predicted molar refractivity (Wildman–Crippen MR) is 43.4 cm³/mol. The van der Waals surface area contributed by atoms with Crippen molar-refractivity contribution in [3.05, 3.63) is 5.01 Å². The standard InChI is InChI=1S/C6H9N3OS/c1-4(2-3-10)5-8-9-6(7)11-5/h3-4H,2H2,1H3,(H2,7,9). The van der Waals surface area contributed by atoms with E-state index in [1.807, 2.05) is 6.92 Å². The van der Waals surface area contributed by atoms with Crippen molar-refractivity contribution in [2.45, 2.75) is 19.3 Å². The number of rotatable bonds is 3. The van der Waals surface area contributed by atoms with E-state index in [4.69, 9.17) is 5.73 Å². The zero-order valence-electron chi connectivity index (χ0n) is 6.15. The highest BCUT2D eigenvalue weighted by Crippen LogP contribution is 2.22. The van der Waals surface area contributed by atoms with E-state index < -0.39 is 0 Å². The Bertz CT molecular complexity index is 248. The van der Waals surface area contributed by atoms with Crippen molar-refractivity contribution in [1.82, 2.24) is 10.2 Å². The number of aldehydes is 1. The summed E-state index contributed by atoms with van der Waals surface area (Å²) in [5.41, 5.74) is 5.37. The second-order valence-corrected chi connectivity index (χ2v) is 3.32. The number of hydrogen-bond acceptors (Lipinski definition) is 5. The first-order chi connectivity index (χ1) is 5.24. The Morgan fingerprint density at radius 2 is 2.45 bits per heavy atom. The molecule has 4 nitrogen and oxygen atoms in total. The molecular formula is C6H9N3OS. The van der Waals surface area contributed by atoms with Crippen molar-refractivity contribution in [1.29, 1.82) is 0 Å². The highest BCUT2D eigenvalue weighted by Gasteiger charge is 2.09. The number of carbonyl (C=O) groups is 1. The van der Waals surface area contributed by atoms with Gasteiger partial charge in [-0.25, -0.2) is 0 Å². The molecule has 0 aromatic carbocycles. The second kappa shape index (κ2) is 3.43. The van der Waals surface area contributed by atoms with E-state index in [2.05, 4.69) is 10.2 Å². The Hall–Kier alpha value is -0.970. The summed E-state index contributed by atoms with van der Waals surface area (Å²) in [7, 11) is 0. The molecule has 11 heavy (non-hydrogen) atoms. The molecular weight excluding hydrogens is 162 g/mol. The molecule has 60 valence electrons. The number of nitrogens with zero attached hydrogens (tertiary/aromatic N) is 2. The van der Waals surface area contributed by atoms with Crippen molar-refractivity contribution in [2.75, 3.05) is 5.73 Å². The molecule has 1 aromatic rings. The molecule has 5 heteroatoms. The molecule has 0 radical (unpaired) electrons. The average molecular weight is 171 g/mol. The van der Waals surface area contributed by atoms with Gasteiger partial charge in [-0.2, -0.15) is 0 Å². The largest absolute Gasteiger partial charge is 0.374 e. The fourth-order valence-corrected chi connectivity index (χ4v) is 1.37. The van der Waals surface area contributed by atoms with E-state index in [1.165, 1.54) is 11.3 Å². The second-order valence-electron chi connectivity index (χ2n) is 2.28. The molecule has 0 spiro atoms. The monoisotopic (exact) mass is 171 g/mol. The van der Waals surface area contributed by atoms with E-state index in [0.717, 1.165) is 11.3 Å². The van der Waals surface area contributed by atoms with Crippen LogP contribution >= 0.6 is 11.3 Å². The number of carbonyl (C=O) groups excluding carboxylic acids is 1. The zero-order valence-corrected chi connectivity index (χ0v) is 6.97. The maximum atomic E-state index is 10.1. The van der Waals surface area contributed by atoms with Gasteiger partial charge in [-0.05, 0) is 0 Å². The molecule has 1 aromatic heterocycles. The quantitative estimate of drug-likeness (QED) is 0.683. The lowest BCUT2D eigenvalue weighted by molar-refractivity contribution is -0.108. The lowest BCUT2D eigenvalue weighted by Crippen LogP contribution is -1.92. The molecule has 1 rings (SSSR count). The summed E-state index contributed by atoms with van der Waals surface area (Å²) < 4.78 is 0. The molecule has 0 amide bonds. The van der Waals surface area contributed by atoms with Gasteiger partial charge >= 0.3 is 0 Å². The Kier molecular flexibility index (Phi) is 2.53. The van der Waals surface area contributed by atoms with Gasteiger partial charge in [0.2, 0.25) is 5.13 Å². The molecule has 0 aliphatic heterocycles. The van der Waals surface area contributed by atoms with Gasteiger partial charge < -0.3 is 10.5 Å². The van der Waals surface area contributed by atoms with Crippen molar-refractivity contribution in [2.24, 2.45) is 0 Å². The SMILES string of the molecule is CC(CC=O)c1nnc(N)s1. The van der Waals surface area contributed by atoms with Crippen LogP contribution in [0.5, 0.6) is 0 Å². The van der Waals surface area contributed by atoms with E-state index in [1.54, 1.807) is 0 Å². The van der Waals surface area contributed by atoms with E-state index >= 15 is 0 Å². The van der Waals surface area contributed by atoms with Crippen LogP contribution in [0.1, 0.15) is 24.3 Å². The summed E-state index contributed by atoms with van der Waals surface area (Å²) in [6.45, 7) is 1.92. The minimum absolute atomic E-state index is 0.141. The first-order valence-electron chi connectivity index (χ1n) is 3.26. The highest BCUT2D eigenvalue weighted by molar-refractivity contribution is 7.15. The summed E-state index contributed by atoms with van der Waals surface area (Å²) in [5.74, 6) is 0.141. The zero-order chi connectivity index (χ0) is 8.27.